The van der Waals surface area contributed by atoms with Crippen LogP contribution in [0.5, 0.6) is 34.5 Å². The van der Waals surface area contributed by atoms with Crippen LogP contribution >= 0.6 is 11.6 Å². The molecule has 10 rings (SSSR count). The lowest BCUT2D eigenvalue weighted by Gasteiger charge is -2.24. The zero-order valence-electron chi connectivity index (χ0n) is 54.7. The molecular formula is C77H87ClN6O6. The zero-order chi connectivity index (χ0) is 65.1. The van der Waals surface area contributed by atoms with Gasteiger partial charge in [0.05, 0.1) is 11.1 Å². The van der Waals surface area contributed by atoms with Gasteiger partial charge >= 0.3 is 0 Å². The van der Waals surface area contributed by atoms with Gasteiger partial charge in [-0.05, 0) is 185 Å². The maximum absolute atomic E-state index is 11.2. The summed E-state index contributed by atoms with van der Waals surface area (Å²) in [5.74, 6) is 4.46. The number of aromatic hydroxyl groups is 5. The van der Waals surface area contributed by atoms with E-state index in [4.69, 9.17) is 36.3 Å². The van der Waals surface area contributed by atoms with Crippen molar-refractivity contribution in [1.29, 1.82) is 0 Å². The van der Waals surface area contributed by atoms with Gasteiger partial charge in [0.1, 0.15) is 41.1 Å². The number of rotatable bonds is 10. The van der Waals surface area contributed by atoms with Crippen molar-refractivity contribution in [3.63, 3.8) is 0 Å². The second kappa shape index (κ2) is 27.7. The van der Waals surface area contributed by atoms with Crippen molar-refractivity contribution in [3.05, 3.63) is 210 Å². The van der Waals surface area contributed by atoms with Crippen LogP contribution in [0.4, 0.5) is 0 Å². The van der Waals surface area contributed by atoms with E-state index in [-0.39, 0.29) is 42.1 Å². The van der Waals surface area contributed by atoms with Gasteiger partial charge in [-0.2, -0.15) is 0 Å². The minimum absolute atomic E-state index is 0. The number of nitrogens with zero attached hydrogens (tertiary/aromatic N) is 6. The number of hydrogen-bond acceptors (Lipinski definition) is 12. The van der Waals surface area contributed by atoms with Crippen LogP contribution < -0.4 is 4.74 Å². The SMILES string of the molecule is C.Cc1cc(C(C)(C)C)c(O)c(C)c1CCl.Cc1ccc(-c2nc(-c3ccc(C)cc3C)nc(-c3ccc(O)cc3O)n2)c(C)c1.Cc1ccc(-c2nc(-c3ccc(C)cc3C)nc(-c3ccc(OCc4c(C)cc(C(C)(C)C)c(O)c4C)cc3O)n2)c(C)c1. The topological polar surface area (TPSA) is 188 Å². The first-order valence-electron chi connectivity index (χ1n) is 29.9. The maximum atomic E-state index is 11.2. The lowest BCUT2D eigenvalue weighted by Crippen LogP contribution is -2.14. The maximum Gasteiger partial charge on any atom is 0.167 e. The fraction of sp³-hybridized carbons (Fsp3) is 0.299. The lowest BCUT2D eigenvalue weighted by molar-refractivity contribution is 0.301. The Labute approximate surface area is 537 Å². The van der Waals surface area contributed by atoms with Gasteiger partial charge in [0.2, 0.25) is 0 Å². The molecule has 0 bridgehead atoms. The Morgan fingerprint density at radius 3 is 0.967 bits per heavy atom. The summed E-state index contributed by atoms with van der Waals surface area (Å²) in [6.45, 7) is 37.1. The third-order valence-electron chi connectivity index (χ3n) is 16.1. The molecule has 0 atom stereocenters. The molecule has 0 unspecified atom stereocenters. The van der Waals surface area contributed by atoms with Crippen LogP contribution in [0, 0.1) is 83.1 Å². The Morgan fingerprint density at radius 1 is 0.356 bits per heavy atom. The zero-order valence-corrected chi connectivity index (χ0v) is 55.4. The van der Waals surface area contributed by atoms with Crippen LogP contribution in [0.15, 0.2) is 121 Å². The van der Waals surface area contributed by atoms with E-state index in [9.17, 15) is 25.5 Å². The van der Waals surface area contributed by atoms with E-state index in [1.165, 1.54) is 12.1 Å². The molecule has 0 amide bonds. The highest BCUT2D eigenvalue weighted by atomic mass is 35.5. The number of aromatic nitrogens is 6. The van der Waals surface area contributed by atoms with Crippen LogP contribution in [0.1, 0.15) is 138 Å². The fourth-order valence-electron chi connectivity index (χ4n) is 11.0. The second-order valence-electron chi connectivity index (χ2n) is 25.6. The number of aryl methyl sites for hydroxylation is 10. The van der Waals surface area contributed by atoms with Crippen LogP contribution in [0.25, 0.3) is 68.3 Å². The van der Waals surface area contributed by atoms with Crippen molar-refractivity contribution >= 4 is 11.6 Å². The van der Waals surface area contributed by atoms with Crippen molar-refractivity contribution in [2.75, 3.05) is 0 Å². The normalized spacial score (nSPS) is 11.3. The molecular weight excluding hydrogens is 1140 g/mol. The first-order valence-corrected chi connectivity index (χ1v) is 30.4. The van der Waals surface area contributed by atoms with E-state index in [0.29, 0.717) is 69.2 Å². The van der Waals surface area contributed by atoms with Crippen LogP contribution in [-0.4, -0.2) is 55.4 Å². The van der Waals surface area contributed by atoms with E-state index in [1.54, 1.807) is 24.3 Å². The van der Waals surface area contributed by atoms with Crippen molar-refractivity contribution in [2.24, 2.45) is 0 Å². The molecule has 0 aliphatic heterocycles. The monoisotopic (exact) mass is 1230 g/mol. The van der Waals surface area contributed by atoms with Crippen LogP contribution in [0.2, 0.25) is 0 Å². The highest BCUT2D eigenvalue weighted by Crippen LogP contribution is 2.41. The molecule has 8 aromatic carbocycles. The van der Waals surface area contributed by atoms with E-state index in [2.05, 4.69) is 89.6 Å². The molecule has 0 fully saturated rings. The molecule has 0 saturated carbocycles. The fourth-order valence-corrected chi connectivity index (χ4v) is 11.4. The standard InChI is InChI=1S/C38H41N3O3.C25H23N3O2.C13H19ClO.CH4/c1-21-10-13-28(23(3)16-21)35-39-36(29-14-11-22(2)17-24(29)4)41-37(40-35)30-15-12-27(19-33(30)42)44-20-31-25(5)18-32(38(7,8)9)34(43)26(31)6;1-14-5-8-19(16(3)11-14)23-26-24(20-9-6-15(2)12-17(20)4)28-25(27-23)21-10-7-18(29)13-22(21)30;1-8-6-11(13(3,4)5)12(15)9(2)10(8)7-14;/h10-19,42-43H,20H2,1-9H3;5-13,29-30H,1-4H3;6,15H,7H2,1-5H3;1H4. The molecule has 468 valence electrons. The first-order chi connectivity index (χ1) is 41.8. The first kappa shape index (κ1) is 68.4. The molecule has 5 N–H and O–H groups in total. The summed E-state index contributed by atoms with van der Waals surface area (Å²) in [7, 11) is 0. The van der Waals surface area contributed by atoms with E-state index < -0.39 is 0 Å². The van der Waals surface area contributed by atoms with Crippen molar-refractivity contribution in [2.45, 2.75) is 155 Å². The van der Waals surface area contributed by atoms with E-state index >= 15 is 0 Å². The Kier molecular flexibility index (Phi) is 21.1. The number of hydrogen-bond donors (Lipinski definition) is 5. The highest BCUT2D eigenvalue weighted by molar-refractivity contribution is 6.17. The molecule has 0 radical (unpaired) electrons. The summed E-state index contributed by atoms with van der Waals surface area (Å²) in [4.78, 5) is 28.7. The summed E-state index contributed by atoms with van der Waals surface area (Å²) in [5.41, 5.74) is 21.1. The van der Waals surface area contributed by atoms with Gasteiger partial charge in [-0.25, -0.2) is 29.9 Å². The minimum atomic E-state index is -0.175. The quantitative estimate of drug-likeness (QED) is 0.0817. The number of phenols is 5. The third-order valence-corrected chi connectivity index (χ3v) is 16.4. The van der Waals surface area contributed by atoms with Gasteiger partial charge in [-0.3, -0.25) is 0 Å². The molecule has 12 nitrogen and oxygen atoms in total. The van der Waals surface area contributed by atoms with Gasteiger partial charge in [0.25, 0.3) is 0 Å². The molecule has 2 heterocycles. The Morgan fingerprint density at radius 2 is 0.656 bits per heavy atom. The molecule has 0 saturated heterocycles. The van der Waals surface area contributed by atoms with E-state index in [0.717, 1.165) is 111 Å². The Bertz CT molecular complexity index is 4080. The van der Waals surface area contributed by atoms with Crippen molar-refractivity contribution in [3.8, 4) is 103 Å². The second-order valence-corrected chi connectivity index (χ2v) is 25.8. The minimum Gasteiger partial charge on any atom is -0.508 e. The molecule has 0 aliphatic carbocycles. The van der Waals surface area contributed by atoms with Crippen LogP contribution in [-0.2, 0) is 23.3 Å². The van der Waals surface area contributed by atoms with Gasteiger partial charge < -0.3 is 30.3 Å². The molecule has 2 aromatic heterocycles. The van der Waals surface area contributed by atoms with Gasteiger partial charge in [-0.15, -0.1) is 11.6 Å². The lowest BCUT2D eigenvalue weighted by atomic mass is 9.83. The molecule has 90 heavy (non-hydrogen) atoms. The third kappa shape index (κ3) is 15.5. The predicted octanol–water partition coefficient (Wildman–Crippen LogP) is 19.2. The summed E-state index contributed by atoms with van der Waals surface area (Å²) < 4.78 is 6.12. The largest absolute Gasteiger partial charge is 0.508 e. The average molecular weight is 1230 g/mol. The smallest absolute Gasteiger partial charge is 0.167 e. The summed E-state index contributed by atoms with van der Waals surface area (Å²) in [6.07, 6.45) is 0. The number of alkyl halides is 1. The molecule has 10 aromatic rings. The Hall–Kier alpha value is -9.13. The summed E-state index contributed by atoms with van der Waals surface area (Å²) >= 11 is 5.86. The van der Waals surface area contributed by atoms with Crippen molar-refractivity contribution < 1.29 is 30.3 Å². The van der Waals surface area contributed by atoms with Crippen LogP contribution in [0.3, 0.4) is 0 Å². The summed E-state index contributed by atoms with van der Waals surface area (Å²) in [5, 5.41) is 52.3. The van der Waals surface area contributed by atoms with Gasteiger partial charge in [0, 0.05) is 40.3 Å². The number of halogens is 1. The number of benzene rings is 8. The number of phenolic OH excluding ortho intramolecular Hbond substituents is 5. The molecule has 0 spiro atoms. The number of ether oxygens (including phenoxy) is 1. The predicted molar refractivity (Wildman–Crippen MR) is 368 cm³/mol. The van der Waals surface area contributed by atoms with Gasteiger partial charge in [-0.1, -0.05) is 156 Å². The van der Waals surface area contributed by atoms with Gasteiger partial charge in [0.15, 0.2) is 34.9 Å². The Balaban J connectivity index is 0.000000215. The molecule has 0 aliphatic rings. The summed E-state index contributed by atoms with van der Waals surface area (Å²) in [6, 6.07) is 38.3. The molecule has 13 heteroatoms. The van der Waals surface area contributed by atoms with Crippen molar-refractivity contribution in [1.82, 2.24) is 29.9 Å². The average Bonchev–Trinajstić information content (AvgIpc) is 0.858. The van der Waals surface area contributed by atoms with E-state index in [1.807, 2.05) is 130 Å². The highest BCUT2D eigenvalue weighted by Gasteiger charge is 2.25.